The molecule has 2 heteroatoms. The topological polar surface area (TPSA) is 30.9 Å². The van der Waals surface area contributed by atoms with Crippen LogP contribution in [0.2, 0.25) is 0 Å². The first-order chi connectivity index (χ1) is 4.75. The van der Waals surface area contributed by atoms with Gasteiger partial charge in [-0.25, -0.2) is 0 Å². The van der Waals surface area contributed by atoms with Crippen molar-refractivity contribution in [2.75, 3.05) is 0 Å². The summed E-state index contributed by atoms with van der Waals surface area (Å²) in [6.07, 6.45) is 2.01. The van der Waals surface area contributed by atoms with Gasteiger partial charge in [0.1, 0.15) is 0 Å². The second-order valence-electron chi connectivity index (χ2n) is 2.74. The molecule has 0 unspecified atom stereocenters. The molecule has 10 heavy (non-hydrogen) atoms. The van der Waals surface area contributed by atoms with Crippen LogP contribution >= 0.6 is 0 Å². The smallest absolute Gasteiger partial charge is 0.0697 e. The third kappa shape index (κ3) is 1.21. The van der Waals surface area contributed by atoms with Gasteiger partial charge in [-0.1, -0.05) is 13.8 Å². The van der Waals surface area contributed by atoms with Crippen LogP contribution in [0.25, 0.3) is 0 Å². The molecule has 0 radical (unpaired) electrons. The summed E-state index contributed by atoms with van der Waals surface area (Å²) in [5.74, 6) is 0.568. The third-order valence-corrected chi connectivity index (χ3v) is 1.65. The summed E-state index contributed by atoms with van der Waals surface area (Å²) >= 11 is 0. The minimum Gasteiger partial charge on any atom is -0.338 e. The molecule has 1 aromatic rings. The number of rotatable bonds is 2. The van der Waals surface area contributed by atoms with E-state index in [1.54, 1.807) is 0 Å². The maximum Gasteiger partial charge on any atom is 0.0697 e. The molecule has 0 amide bonds. The van der Waals surface area contributed by atoms with Gasteiger partial charge in [0, 0.05) is 11.9 Å². The van der Waals surface area contributed by atoms with Gasteiger partial charge in [0.15, 0.2) is 0 Å². The fourth-order valence-electron chi connectivity index (χ4n) is 1.12. The van der Waals surface area contributed by atoms with Crippen molar-refractivity contribution in [2.45, 2.75) is 26.4 Å². The maximum absolute atomic E-state index is 5.50. The number of hydrogen-bond acceptors (Lipinski definition) is 1. The van der Waals surface area contributed by atoms with Crippen LogP contribution < -0.4 is 5.73 Å². The zero-order valence-electron chi connectivity index (χ0n) is 6.54. The van der Waals surface area contributed by atoms with Crippen molar-refractivity contribution in [3.05, 3.63) is 24.0 Å². The maximum atomic E-state index is 5.50. The molecule has 1 heterocycles. The molecule has 2 nitrogen and oxygen atoms in total. The zero-order valence-corrected chi connectivity index (χ0v) is 6.54. The summed E-state index contributed by atoms with van der Waals surface area (Å²) in [4.78, 5) is 0. The van der Waals surface area contributed by atoms with E-state index in [-0.39, 0.29) is 0 Å². The summed E-state index contributed by atoms with van der Waals surface area (Å²) in [5, 5.41) is 0. The van der Waals surface area contributed by atoms with E-state index < -0.39 is 0 Å². The molecule has 0 atom stereocenters. The molecule has 0 aromatic carbocycles. The Morgan fingerprint density at radius 3 is 2.70 bits per heavy atom. The lowest BCUT2D eigenvalue weighted by molar-refractivity contribution is 0.656. The minimum absolute atomic E-state index is 0.568. The average molecular weight is 138 g/mol. The fourth-order valence-corrected chi connectivity index (χ4v) is 1.12. The summed E-state index contributed by atoms with van der Waals surface area (Å²) in [6.45, 7) is 4.92. The van der Waals surface area contributed by atoms with E-state index in [0.29, 0.717) is 12.6 Å². The Balaban J connectivity index is 2.90. The van der Waals surface area contributed by atoms with Gasteiger partial charge in [0.05, 0.1) is 6.67 Å². The Morgan fingerprint density at radius 1 is 1.60 bits per heavy atom. The molecule has 56 valence electrons. The van der Waals surface area contributed by atoms with Gasteiger partial charge in [-0.2, -0.15) is 0 Å². The van der Waals surface area contributed by atoms with Gasteiger partial charge in [-0.3, -0.25) is 0 Å². The summed E-state index contributed by atoms with van der Waals surface area (Å²) < 4.78 is 2.06. The average Bonchev–Trinajstić information content (AvgIpc) is 2.33. The third-order valence-electron chi connectivity index (χ3n) is 1.65. The second kappa shape index (κ2) is 2.88. The Kier molecular flexibility index (Phi) is 2.12. The normalized spacial score (nSPS) is 10.8. The fraction of sp³-hybridized carbons (Fsp3) is 0.500. The second-order valence-corrected chi connectivity index (χ2v) is 2.74. The molecule has 0 spiro atoms. The van der Waals surface area contributed by atoms with Crippen molar-refractivity contribution in [1.29, 1.82) is 0 Å². The minimum atomic E-state index is 0.568. The van der Waals surface area contributed by atoms with Gasteiger partial charge >= 0.3 is 0 Å². The summed E-state index contributed by atoms with van der Waals surface area (Å²) in [7, 11) is 0. The van der Waals surface area contributed by atoms with Crippen molar-refractivity contribution in [3.8, 4) is 0 Å². The van der Waals surface area contributed by atoms with E-state index in [1.807, 2.05) is 12.3 Å². The first kappa shape index (κ1) is 7.35. The van der Waals surface area contributed by atoms with Crippen LogP contribution in [0.4, 0.5) is 0 Å². The van der Waals surface area contributed by atoms with E-state index >= 15 is 0 Å². The lowest BCUT2D eigenvalue weighted by atomic mass is 10.1. The van der Waals surface area contributed by atoms with E-state index in [1.165, 1.54) is 5.69 Å². The first-order valence-corrected chi connectivity index (χ1v) is 3.60. The predicted octanol–water partition coefficient (Wildman–Crippen LogP) is 1.53. The van der Waals surface area contributed by atoms with Crippen LogP contribution in [-0.2, 0) is 6.67 Å². The number of aromatic nitrogens is 1. The Bertz CT molecular complexity index is 201. The van der Waals surface area contributed by atoms with E-state index in [2.05, 4.69) is 24.5 Å². The van der Waals surface area contributed by atoms with Crippen LogP contribution in [0.5, 0.6) is 0 Å². The first-order valence-electron chi connectivity index (χ1n) is 3.60. The predicted molar refractivity (Wildman–Crippen MR) is 42.7 cm³/mol. The van der Waals surface area contributed by atoms with E-state index in [0.717, 1.165) is 0 Å². The highest BCUT2D eigenvalue weighted by molar-refractivity contribution is 5.10. The summed E-state index contributed by atoms with van der Waals surface area (Å²) in [6, 6.07) is 4.14. The van der Waals surface area contributed by atoms with Gasteiger partial charge in [0.25, 0.3) is 0 Å². The lowest BCUT2D eigenvalue weighted by Crippen LogP contribution is -2.09. The Morgan fingerprint density at radius 2 is 2.30 bits per heavy atom. The van der Waals surface area contributed by atoms with Gasteiger partial charge < -0.3 is 10.3 Å². The highest BCUT2D eigenvalue weighted by Gasteiger charge is 2.01. The highest BCUT2D eigenvalue weighted by atomic mass is 15.0. The van der Waals surface area contributed by atoms with Crippen LogP contribution in [0.3, 0.4) is 0 Å². The molecule has 0 fully saturated rings. The molecule has 1 aromatic heterocycles. The molecule has 0 aliphatic rings. The molecule has 1 rings (SSSR count). The monoisotopic (exact) mass is 138 g/mol. The molecule has 2 N–H and O–H groups in total. The Hall–Kier alpha value is -0.760. The van der Waals surface area contributed by atoms with Crippen LogP contribution in [0, 0.1) is 0 Å². The number of hydrogen-bond donors (Lipinski definition) is 1. The standard InChI is InChI=1S/C8H14N2/c1-7(2)8-4-3-5-10(8)6-9/h3-5,7H,6,9H2,1-2H3. The Labute approximate surface area is 61.7 Å². The number of nitrogens with zero attached hydrogens (tertiary/aromatic N) is 1. The SMILES string of the molecule is CC(C)c1cccn1CN. The van der Waals surface area contributed by atoms with Crippen LogP contribution in [0.15, 0.2) is 18.3 Å². The molecule has 0 saturated carbocycles. The van der Waals surface area contributed by atoms with E-state index in [4.69, 9.17) is 5.73 Å². The lowest BCUT2D eigenvalue weighted by Gasteiger charge is -2.08. The van der Waals surface area contributed by atoms with Crippen molar-refractivity contribution in [2.24, 2.45) is 5.73 Å². The van der Waals surface area contributed by atoms with Crippen LogP contribution in [0.1, 0.15) is 25.5 Å². The van der Waals surface area contributed by atoms with Gasteiger partial charge in [-0.05, 0) is 18.1 Å². The van der Waals surface area contributed by atoms with Crippen molar-refractivity contribution in [3.63, 3.8) is 0 Å². The quantitative estimate of drug-likeness (QED) is 0.660. The van der Waals surface area contributed by atoms with Gasteiger partial charge in [-0.15, -0.1) is 0 Å². The molecular weight excluding hydrogens is 124 g/mol. The van der Waals surface area contributed by atoms with Gasteiger partial charge in [0.2, 0.25) is 0 Å². The largest absolute Gasteiger partial charge is 0.338 e. The van der Waals surface area contributed by atoms with Crippen molar-refractivity contribution in [1.82, 2.24) is 4.57 Å². The van der Waals surface area contributed by atoms with E-state index in [9.17, 15) is 0 Å². The molecule has 0 aliphatic heterocycles. The van der Waals surface area contributed by atoms with Crippen LogP contribution in [-0.4, -0.2) is 4.57 Å². The van der Waals surface area contributed by atoms with Crippen molar-refractivity contribution >= 4 is 0 Å². The summed E-state index contributed by atoms with van der Waals surface area (Å²) in [5.41, 5.74) is 6.80. The van der Waals surface area contributed by atoms with Crippen molar-refractivity contribution < 1.29 is 0 Å². The molecular formula is C8H14N2. The highest BCUT2D eigenvalue weighted by Crippen LogP contribution is 2.13. The molecule has 0 saturated heterocycles. The number of nitrogens with two attached hydrogens (primary N) is 1. The molecule has 0 aliphatic carbocycles. The molecule has 0 bridgehead atoms. The zero-order chi connectivity index (χ0) is 7.56.